The lowest BCUT2D eigenvalue weighted by molar-refractivity contribution is 0.0981. The number of nitrogens with zero attached hydrogens (tertiary/aromatic N) is 3. The van der Waals surface area contributed by atoms with Crippen LogP contribution in [-0.4, -0.2) is 44.0 Å². The quantitative estimate of drug-likeness (QED) is 0.241. The van der Waals surface area contributed by atoms with Crippen molar-refractivity contribution >= 4 is 27.6 Å². The summed E-state index contributed by atoms with van der Waals surface area (Å²) in [5.74, 6) is -0.220. The van der Waals surface area contributed by atoms with E-state index in [1.165, 1.54) is 42.0 Å². The molecule has 1 aliphatic rings. The van der Waals surface area contributed by atoms with E-state index in [-0.39, 0.29) is 31.1 Å². The lowest BCUT2D eigenvalue weighted by Gasteiger charge is -2.35. The summed E-state index contributed by atoms with van der Waals surface area (Å²) in [4.78, 5) is 24.2. The van der Waals surface area contributed by atoms with Crippen LogP contribution in [0.5, 0.6) is 5.75 Å². The van der Waals surface area contributed by atoms with E-state index in [0.29, 0.717) is 42.5 Å². The number of piperidine rings is 1. The number of amides is 1. The van der Waals surface area contributed by atoms with Gasteiger partial charge in [0, 0.05) is 33.5 Å². The van der Waals surface area contributed by atoms with Gasteiger partial charge in [0.1, 0.15) is 23.2 Å². The Hall–Kier alpha value is -4.51. The second-order valence-electron chi connectivity index (χ2n) is 11.0. The minimum atomic E-state index is -4.32. The fourth-order valence-corrected chi connectivity index (χ4v) is 6.00. The number of rotatable bonds is 9. The number of benzene rings is 2. The molecule has 11 heteroatoms. The van der Waals surface area contributed by atoms with E-state index in [4.69, 9.17) is 15.5 Å². The highest BCUT2D eigenvalue weighted by atomic mass is 32.2. The van der Waals surface area contributed by atoms with Crippen molar-refractivity contribution in [2.24, 2.45) is 5.92 Å². The van der Waals surface area contributed by atoms with Gasteiger partial charge in [-0.2, -0.15) is 8.42 Å². The molecule has 228 valence electrons. The van der Waals surface area contributed by atoms with Gasteiger partial charge in [0.25, 0.3) is 15.9 Å². The molecule has 3 N–H and O–H groups in total. The van der Waals surface area contributed by atoms with Crippen LogP contribution < -0.4 is 20.1 Å². The van der Waals surface area contributed by atoms with Gasteiger partial charge in [-0.3, -0.25) is 4.79 Å². The molecule has 0 spiro atoms. The molecule has 1 saturated heterocycles. The number of aromatic nitrogens is 2. The molecule has 3 heterocycles. The number of nitrogens with two attached hydrogens (primary N) is 1. The molecule has 0 saturated carbocycles. The first kappa shape index (κ1) is 30.0. The number of halogens is 1. The van der Waals surface area contributed by atoms with Gasteiger partial charge in [0.15, 0.2) is 5.03 Å². The molecule has 0 unspecified atom stereocenters. The maximum atomic E-state index is 14.7. The number of nitrogens with one attached hydrogen (secondary N) is 1. The fraction of sp³-hybridized carbons (Fsp3) is 0.281. The number of carbonyl (C=O) groups excluding carboxylic acids is 1. The molecule has 5 rings (SSSR count). The van der Waals surface area contributed by atoms with E-state index < -0.39 is 21.7 Å². The van der Waals surface area contributed by atoms with E-state index >= 15 is 0 Å². The van der Waals surface area contributed by atoms with Gasteiger partial charge in [-0.05, 0) is 60.7 Å². The second-order valence-corrected chi connectivity index (χ2v) is 12.6. The molecule has 1 aliphatic heterocycles. The average Bonchev–Trinajstić information content (AvgIpc) is 3.00. The Bertz CT molecular complexity index is 1730. The van der Waals surface area contributed by atoms with Crippen LogP contribution in [0.15, 0.2) is 83.9 Å². The van der Waals surface area contributed by atoms with Gasteiger partial charge in [-0.15, -0.1) is 0 Å². The minimum Gasteiger partial charge on any atom is -0.493 e. The van der Waals surface area contributed by atoms with Crippen LogP contribution in [0.25, 0.3) is 11.3 Å². The van der Waals surface area contributed by atoms with E-state index in [1.807, 2.05) is 36.9 Å². The molecule has 1 fully saturated rings. The first-order valence-electron chi connectivity index (χ1n) is 14.1. The van der Waals surface area contributed by atoms with Crippen molar-refractivity contribution in [3.05, 3.63) is 95.8 Å². The van der Waals surface area contributed by atoms with Crippen molar-refractivity contribution in [3.63, 3.8) is 0 Å². The first-order chi connectivity index (χ1) is 20.6. The molecular weight excluding hydrogens is 569 g/mol. The normalized spacial score (nSPS) is 15.3. The number of sulfonamides is 1. The third kappa shape index (κ3) is 7.29. The zero-order chi connectivity index (χ0) is 30.6. The topological polar surface area (TPSA) is 128 Å². The van der Waals surface area contributed by atoms with E-state index in [0.717, 1.165) is 12.8 Å². The Morgan fingerprint density at radius 1 is 1.09 bits per heavy atom. The van der Waals surface area contributed by atoms with Crippen molar-refractivity contribution in [2.45, 2.75) is 37.6 Å². The van der Waals surface area contributed by atoms with Crippen LogP contribution in [0, 0.1) is 11.7 Å². The van der Waals surface area contributed by atoms with Crippen LogP contribution in [0.2, 0.25) is 0 Å². The molecule has 0 bridgehead atoms. The predicted octanol–water partition coefficient (Wildman–Crippen LogP) is 5.89. The molecular formula is C32H38FN5O4S. The lowest BCUT2D eigenvalue weighted by atomic mass is 9.90. The molecule has 2 aromatic heterocycles. The van der Waals surface area contributed by atoms with Gasteiger partial charge in [0.2, 0.25) is 0 Å². The summed E-state index contributed by atoms with van der Waals surface area (Å²) in [5.41, 5.74) is 7.79. The molecule has 2 aromatic carbocycles. The maximum absolute atomic E-state index is 14.7. The predicted molar refractivity (Wildman–Crippen MR) is 168 cm³/mol. The average molecular weight is 608 g/mol. The molecule has 43 heavy (non-hydrogen) atoms. The lowest BCUT2D eigenvalue weighted by Crippen LogP contribution is -2.38. The van der Waals surface area contributed by atoms with Gasteiger partial charge < -0.3 is 15.4 Å². The Kier molecular flexibility index (Phi) is 8.91. The SMILES string of the molecule is CC(C)COc1cc(F)cc(-c2ccc(C(=O)NS(=O)(=O)c3cccc(N)n3)c(N3CCC[C@H](c4ccccc4)C3)n2)c1.[HH].[HH]. The smallest absolute Gasteiger partial charge is 0.281 e. The van der Waals surface area contributed by atoms with E-state index in [9.17, 15) is 17.6 Å². The highest BCUT2D eigenvalue weighted by molar-refractivity contribution is 7.90. The van der Waals surface area contributed by atoms with Crippen molar-refractivity contribution in [1.29, 1.82) is 0 Å². The number of anilines is 2. The van der Waals surface area contributed by atoms with Gasteiger partial charge in [-0.25, -0.2) is 19.1 Å². The summed E-state index contributed by atoms with van der Waals surface area (Å²) >= 11 is 0. The molecule has 9 nitrogen and oxygen atoms in total. The van der Waals surface area contributed by atoms with Crippen molar-refractivity contribution in [2.75, 3.05) is 30.3 Å². The Morgan fingerprint density at radius 3 is 2.63 bits per heavy atom. The van der Waals surface area contributed by atoms with E-state index in [2.05, 4.69) is 21.8 Å². The van der Waals surface area contributed by atoms with Crippen LogP contribution in [0.1, 0.15) is 51.4 Å². The number of hydrogen-bond donors (Lipinski definition) is 2. The van der Waals surface area contributed by atoms with Crippen LogP contribution >= 0.6 is 0 Å². The summed E-state index contributed by atoms with van der Waals surface area (Å²) in [6.07, 6.45) is 1.79. The van der Waals surface area contributed by atoms with Gasteiger partial charge in [0.05, 0.1) is 17.9 Å². The maximum Gasteiger partial charge on any atom is 0.281 e. The molecule has 0 radical (unpaired) electrons. The van der Waals surface area contributed by atoms with E-state index in [1.54, 1.807) is 12.1 Å². The zero-order valence-corrected chi connectivity index (χ0v) is 24.9. The Morgan fingerprint density at radius 2 is 1.88 bits per heavy atom. The summed E-state index contributed by atoms with van der Waals surface area (Å²) in [6, 6.07) is 21.7. The summed E-state index contributed by atoms with van der Waals surface area (Å²) < 4.78 is 48.6. The number of hydrogen-bond acceptors (Lipinski definition) is 8. The molecule has 4 aromatic rings. The van der Waals surface area contributed by atoms with Gasteiger partial charge in [-0.1, -0.05) is 50.2 Å². The third-order valence-electron chi connectivity index (χ3n) is 7.11. The highest BCUT2D eigenvalue weighted by Gasteiger charge is 2.29. The summed E-state index contributed by atoms with van der Waals surface area (Å²) in [6.45, 7) is 5.60. The monoisotopic (exact) mass is 607 g/mol. The first-order valence-corrected chi connectivity index (χ1v) is 15.6. The van der Waals surface area contributed by atoms with Gasteiger partial charge >= 0.3 is 0 Å². The number of ether oxygens (including phenoxy) is 1. The number of nitrogen functional groups attached to an aromatic ring is 1. The van der Waals surface area contributed by atoms with Crippen LogP contribution in [0.3, 0.4) is 0 Å². The van der Waals surface area contributed by atoms with Crippen molar-refractivity contribution < 1.29 is 25.2 Å². The van der Waals surface area contributed by atoms with Crippen molar-refractivity contribution in [3.8, 4) is 17.0 Å². The Labute approximate surface area is 254 Å². The largest absolute Gasteiger partial charge is 0.493 e. The minimum absolute atomic E-state index is 0. The number of carbonyl (C=O) groups is 1. The molecule has 1 amide bonds. The number of pyridine rings is 2. The fourth-order valence-electron chi connectivity index (χ4n) is 5.06. The molecule has 1 atom stereocenters. The highest BCUT2D eigenvalue weighted by Crippen LogP contribution is 2.33. The summed E-state index contributed by atoms with van der Waals surface area (Å²) in [5, 5.41) is -0.372. The summed E-state index contributed by atoms with van der Waals surface area (Å²) in [7, 11) is -4.32. The van der Waals surface area contributed by atoms with Crippen LogP contribution in [-0.2, 0) is 10.0 Å². The molecule has 0 aliphatic carbocycles. The standard InChI is InChI=1S/C32H34FN5O4S.2H2/c1-21(2)20-42-26-17-24(16-25(33)18-26)28-14-13-27(32(39)37-43(40,41)30-12-6-11-29(34)36-30)31(35-28)38-15-7-10-23(19-38)22-8-4-3-5-9-22;;/h3-6,8-9,11-14,16-18,21,23H,7,10,15,19-20H2,1-2H3,(H2,34,36)(H,37,39);2*1H/t23-;;/m0../s1. The third-order valence-corrected chi connectivity index (χ3v) is 8.34. The Balaban J connectivity index is 0.00000276. The zero-order valence-electron chi connectivity index (χ0n) is 24.0. The second kappa shape index (κ2) is 12.8. The van der Waals surface area contributed by atoms with Crippen LogP contribution in [0.4, 0.5) is 16.0 Å². The van der Waals surface area contributed by atoms with Crippen molar-refractivity contribution in [1.82, 2.24) is 14.7 Å².